The van der Waals surface area contributed by atoms with Crippen LogP contribution < -0.4 is 10.1 Å². The van der Waals surface area contributed by atoms with Crippen molar-refractivity contribution in [2.45, 2.75) is 43.6 Å². The van der Waals surface area contributed by atoms with E-state index >= 15 is 0 Å². The van der Waals surface area contributed by atoms with Crippen molar-refractivity contribution in [3.63, 3.8) is 0 Å². The summed E-state index contributed by atoms with van der Waals surface area (Å²) in [6.07, 6.45) is 4.12. The summed E-state index contributed by atoms with van der Waals surface area (Å²) < 4.78 is 5.34. The second-order valence-corrected chi connectivity index (χ2v) is 6.70. The van der Waals surface area contributed by atoms with Crippen LogP contribution in [0.5, 0.6) is 11.5 Å². The molecule has 0 amide bonds. The summed E-state index contributed by atoms with van der Waals surface area (Å²) in [5.74, 6) is 1.87. The molecule has 0 spiro atoms. The van der Waals surface area contributed by atoms with Gasteiger partial charge < -0.3 is 15.2 Å². The van der Waals surface area contributed by atoms with Gasteiger partial charge in [-0.15, -0.1) is 0 Å². The number of aromatic hydroxyl groups is 1. The number of ketones is 1. The maximum absolute atomic E-state index is 12.1. The van der Waals surface area contributed by atoms with Crippen LogP contribution in [0.2, 0.25) is 0 Å². The highest BCUT2D eigenvalue weighted by Gasteiger charge is 2.54. The quantitative estimate of drug-likeness (QED) is 0.828. The van der Waals surface area contributed by atoms with E-state index in [4.69, 9.17) is 4.74 Å². The van der Waals surface area contributed by atoms with Crippen LogP contribution in [0.4, 0.5) is 0 Å². The number of hydrogen-bond donors (Lipinski definition) is 2. The molecule has 1 heterocycles. The summed E-state index contributed by atoms with van der Waals surface area (Å²) in [6, 6.07) is 4.14. The van der Waals surface area contributed by atoms with Crippen LogP contribution >= 0.6 is 0 Å². The first-order valence-corrected chi connectivity index (χ1v) is 7.79. The molecule has 4 nitrogen and oxygen atoms in total. The van der Waals surface area contributed by atoms with Gasteiger partial charge in [0.05, 0.1) is 7.11 Å². The van der Waals surface area contributed by atoms with Gasteiger partial charge >= 0.3 is 0 Å². The molecule has 3 aliphatic rings. The van der Waals surface area contributed by atoms with Crippen molar-refractivity contribution >= 4 is 5.78 Å². The van der Waals surface area contributed by atoms with Gasteiger partial charge in [-0.2, -0.15) is 0 Å². The average Bonchev–Trinajstić information content (AvgIpc) is 2.47. The lowest BCUT2D eigenvalue weighted by atomic mass is 9.52. The first kappa shape index (κ1) is 13.1. The topological polar surface area (TPSA) is 58.6 Å². The van der Waals surface area contributed by atoms with Gasteiger partial charge in [0.15, 0.2) is 0 Å². The molecule has 1 aromatic carbocycles. The number of benzene rings is 1. The maximum Gasteiger partial charge on any atom is 0.133 e. The van der Waals surface area contributed by atoms with Crippen LogP contribution in [-0.2, 0) is 16.6 Å². The number of hydrogen-bond acceptors (Lipinski definition) is 4. The molecule has 0 radical (unpaired) electrons. The molecule has 0 unspecified atom stereocenters. The van der Waals surface area contributed by atoms with Crippen LogP contribution in [0.3, 0.4) is 0 Å². The molecule has 0 aromatic heterocycles. The summed E-state index contributed by atoms with van der Waals surface area (Å²) >= 11 is 0. The summed E-state index contributed by atoms with van der Waals surface area (Å²) in [5.41, 5.74) is 2.08. The molecule has 3 atom stereocenters. The highest BCUT2D eigenvalue weighted by molar-refractivity contribution is 5.82. The Labute approximate surface area is 124 Å². The Morgan fingerprint density at radius 3 is 3.10 bits per heavy atom. The first-order valence-electron chi connectivity index (χ1n) is 7.79. The fraction of sp³-hybridized carbons (Fsp3) is 0.588. The number of phenolic OH excluding ortho intramolecular Hbond substituents is 1. The molecule has 112 valence electrons. The van der Waals surface area contributed by atoms with Gasteiger partial charge in [-0.25, -0.2) is 0 Å². The third-order valence-electron chi connectivity index (χ3n) is 5.82. The third kappa shape index (κ3) is 1.75. The fourth-order valence-corrected chi connectivity index (χ4v) is 4.92. The number of ether oxygens (including phenoxy) is 1. The Kier molecular flexibility index (Phi) is 2.80. The molecule has 1 aliphatic heterocycles. The van der Waals surface area contributed by atoms with E-state index in [1.165, 1.54) is 0 Å². The highest BCUT2D eigenvalue weighted by Crippen LogP contribution is 2.55. The number of carbonyl (C=O) groups is 1. The van der Waals surface area contributed by atoms with Gasteiger partial charge in [-0.1, -0.05) is 0 Å². The van der Waals surface area contributed by atoms with Crippen LogP contribution in [0.1, 0.15) is 36.8 Å². The molecule has 4 heteroatoms. The predicted molar refractivity (Wildman–Crippen MR) is 78.8 cm³/mol. The molecule has 1 saturated carbocycles. The van der Waals surface area contributed by atoms with Crippen LogP contribution in [0, 0.1) is 5.92 Å². The van der Waals surface area contributed by atoms with Gasteiger partial charge in [0.2, 0.25) is 0 Å². The van der Waals surface area contributed by atoms with Gasteiger partial charge in [-0.3, -0.25) is 4.79 Å². The SMILES string of the molecule is COc1cc(O)c2c(c1)[C@]13CCN[C@H](C2)[C@@H]1CCC(=O)C3. The zero-order chi connectivity index (χ0) is 14.6. The standard InChI is InChI=1S/C17H21NO3/c1-21-11-6-14-12(16(20)7-11)8-15-13-3-2-10(19)9-17(13,14)4-5-18-15/h6-7,13,15,18,20H,2-5,8-9H2,1H3/t13-,15+,17-/m0/s1. The highest BCUT2D eigenvalue weighted by atomic mass is 16.5. The van der Waals surface area contributed by atoms with E-state index in [1.54, 1.807) is 13.2 Å². The normalized spacial score (nSPS) is 34.0. The molecule has 2 aliphatic carbocycles. The minimum Gasteiger partial charge on any atom is -0.508 e. The Morgan fingerprint density at radius 2 is 2.29 bits per heavy atom. The van der Waals surface area contributed by atoms with E-state index < -0.39 is 0 Å². The lowest BCUT2D eigenvalue weighted by Gasteiger charge is -2.55. The minimum atomic E-state index is -0.0924. The molecular formula is C17H21NO3. The van der Waals surface area contributed by atoms with Gasteiger partial charge in [0.1, 0.15) is 17.3 Å². The number of methoxy groups -OCH3 is 1. The molecule has 21 heavy (non-hydrogen) atoms. The first-order chi connectivity index (χ1) is 10.1. The number of fused-ring (bicyclic) bond motifs is 1. The van der Waals surface area contributed by atoms with E-state index in [0.717, 1.165) is 36.9 Å². The number of Topliss-reactive ketones (excluding diaryl/α,β-unsaturated/α-hetero) is 1. The van der Waals surface area contributed by atoms with E-state index in [1.807, 2.05) is 0 Å². The lowest BCUT2D eigenvalue weighted by Crippen LogP contribution is -2.60. The number of nitrogens with one attached hydrogen (secondary N) is 1. The molecule has 2 bridgehead atoms. The van der Waals surface area contributed by atoms with Crippen molar-refractivity contribution < 1.29 is 14.6 Å². The van der Waals surface area contributed by atoms with Gasteiger partial charge in [0, 0.05) is 30.4 Å². The summed E-state index contributed by atoms with van der Waals surface area (Å²) in [6.45, 7) is 0.950. The summed E-state index contributed by atoms with van der Waals surface area (Å²) in [4.78, 5) is 12.1. The van der Waals surface area contributed by atoms with Crippen molar-refractivity contribution in [2.75, 3.05) is 13.7 Å². The zero-order valence-electron chi connectivity index (χ0n) is 12.3. The molecule has 2 fully saturated rings. The van der Waals surface area contributed by atoms with Crippen molar-refractivity contribution in [1.29, 1.82) is 0 Å². The van der Waals surface area contributed by atoms with Gasteiger partial charge in [0.25, 0.3) is 0 Å². The van der Waals surface area contributed by atoms with Crippen LogP contribution in [0.25, 0.3) is 0 Å². The van der Waals surface area contributed by atoms with E-state index in [2.05, 4.69) is 11.4 Å². The van der Waals surface area contributed by atoms with Crippen LogP contribution in [0.15, 0.2) is 12.1 Å². The van der Waals surface area contributed by atoms with Crippen molar-refractivity contribution in [2.24, 2.45) is 5.92 Å². The Balaban J connectivity index is 1.93. The Morgan fingerprint density at radius 1 is 1.43 bits per heavy atom. The predicted octanol–water partition coefficient (Wildman–Crippen LogP) is 1.93. The molecule has 4 rings (SSSR count). The monoisotopic (exact) mass is 287 g/mol. The second-order valence-electron chi connectivity index (χ2n) is 6.70. The second kappa shape index (κ2) is 4.47. The average molecular weight is 287 g/mol. The summed E-state index contributed by atoms with van der Waals surface area (Å²) in [5, 5.41) is 14.0. The fourth-order valence-electron chi connectivity index (χ4n) is 4.92. The smallest absolute Gasteiger partial charge is 0.133 e. The van der Waals surface area contributed by atoms with Crippen molar-refractivity contribution in [3.05, 3.63) is 23.3 Å². The largest absolute Gasteiger partial charge is 0.508 e. The molecule has 1 aromatic rings. The molecule has 1 saturated heterocycles. The minimum absolute atomic E-state index is 0.0924. The lowest BCUT2D eigenvalue weighted by molar-refractivity contribution is -0.125. The number of carbonyl (C=O) groups excluding carboxylic acids is 1. The van der Waals surface area contributed by atoms with E-state index in [9.17, 15) is 9.90 Å². The Hall–Kier alpha value is -1.55. The maximum atomic E-state index is 12.1. The van der Waals surface area contributed by atoms with Crippen molar-refractivity contribution in [1.82, 2.24) is 5.32 Å². The number of piperidine rings is 1. The Bertz CT molecular complexity index is 612. The van der Waals surface area contributed by atoms with Crippen molar-refractivity contribution in [3.8, 4) is 11.5 Å². The van der Waals surface area contributed by atoms with E-state index in [0.29, 0.717) is 42.1 Å². The third-order valence-corrected chi connectivity index (χ3v) is 5.82. The number of phenols is 1. The summed E-state index contributed by atoms with van der Waals surface area (Å²) in [7, 11) is 1.62. The molecular weight excluding hydrogens is 266 g/mol. The van der Waals surface area contributed by atoms with E-state index in [-0.39, 0.29) is 5.41 Å². The zero-order valence-corrected chi connectivity index (χ0v) is 12.3. The van der Waals surface area contributed by atoms with Gasteiger partial charge in [-0.05, 0) is 48.9 Å². The van der Waals surface area contributed by atoms with Crippen LogP contribution in [-0.4, -0.2) is 30.6 Å². The molecule has 2 N–H and O–H groups in total. The number of rotatable bonds is 1.